The van der Waals surface area contributed by atoms with Gasteiger partial charge in [0, 0.05) is 37.7 Å². The average molecular weight is 338 g/mol. The van der Waals surface area contributed by atoms with Crippen LogP contribution < -0.4 is 9.80 Å². The molecule has 5 heteroatoms. The number of piperidine rings is 1. The van der Waals surface area contributed by atoms with Gasteiger partial charge < -0.3 is 9.80 Å². The minimum atomic E-state index is -0.0630. The van der Waals surface area contributed by atoms with Crippen LogP contribution in [0, 0.1) is 12.8 Å². The SMILES string of the molecule is CCN(C(=O)c1cnc(N2CCC(C)CC2)nc1)c1cccc(C)c1. The Labute approximate surface area is 149 Å². The molecule has 0 aliphatic carbocycles. The van der Waals surface area contributed by atoms with Crippen molar-refractivity contribution < 1.29 is 4.79 Å². The molecule has 132 valence electrons. The number of aromatic nitrogens is 2. The van der Waals surface area contributed by atoms with E-state index in [2.05, 4.69) is 21.8 Å². The molecule has 0 bridgehead atoms. The summed E-state index contributed by atoms with van der Waals surface area (Å²) in [6.45, 7) is 8.86. The van der Waals surface area contributed by atoms with E-state index in [-0.39, 0.29) is 5.91 Å². The molecule has 0 N–H and O–H groups in total. The summed E-state index contributed by atoms with van der Waals surface area (Å²) in [6, 6.07) is 7.97. The minimum absolute atomic E-state index is 0.0630. The quantitative estimate of drug-likeness (QED) is 0.853. The molecular formula is C20H26N4O. The lowest BCUT2D eigenvalue weighted by molar-refractivity contribution is 0.0987. The van der Waals surface area contributed by atoms with Gasteiger partial charge in [0.25, 0.3) is 5.91 Å². The Bertz CT molecular complexity index is 721. The van der Waals surface area contributed by atoms with Crippen molar-refractivity contribution in [2.45, 2.75) is 33.6 Å². The van der Waals surface area contributed by atoms with Gasteiger partial charge in [-0.1, -0.05) is 19.1 Å². The van der Waals surface area contributed by atoms with Crippen molar-refractivity contribution in [3.63, 3.8) is 0 Å². The number of carbonyl (C=O) groups excluding carboxylic acids is 1. The molecule has 0 radical (unpaired) electrons. The predicted octanol–water partition coefficient (Wildman–Crippen LogP) is 3.69. The van der Waals surface area contributed by atoms with Gasteiger partial charge in [0.15, 0.2) is 0 Å². The van der Waals surface area contributed by atoms with Crippen LogP contribution in [0.5, 0.6) is 0 Å². The van der Waals surface area contributed by atoms with Gasteiger partial charge in [-0.25, -0.2) is 9.97 Å². The van der Waals surface area contributed by atoms with E-state index in [0.29, 0.717) is 12.1 Å². The van der Waals surface area contributed by atoms with Gasteiger partial charge in [0.05, 0.1) is 5.56 Å². The van der Waals surface area contributed by atoms with Gasteiger partial charge in [-0.3, -0.25) is 4.79 Å². The summed E-state index contributed by atoms with van der Waals surface area (Å²) in [7, 11) is 0. The second kappa shape index (κ2) is 7.64. The monoisotopic (exact) mass is 338 g/mol. The number of carbonyl (C=O) groups is 1. The fourth-order valence-electron chi connectivity index (χ4n) is 3.20. The first-order chi connectivity index (χ1) is 12.1. The molecule has 1 amide bonds. The van der Waals surface area contributed by atoms with Crippen LogP contribution in [0.4, 0.5) is 11.6 Å². The van der Waals surface area contributed by atoms with Crippen LogP contribution in [0.3, 0.4) is 0 Å². The van der Waals surface area contributed by atoms with Crippen molar-refractivity contribution in [1.29, 1.82) is 0 Å². The summed E-state index contributed by atoms with van der Waals surface area (Å²) in [5.74, 6) is 1.43. The first-order valence-electron chi connectivity index (χ1n) is 9.04. The summed E-state index contributed by atoms with van der Waals surface area (Å²) in [5.41, 5.74) is 2.56. The Balaban J connectivity index is 1.75. The van der Waals surface area contributed by atoms with Crippen LogP contribution >= 0.6 is 0 Å². The molecule has 1 fully saturated rings. The fourth-order valence-corrected chi connectivity index (χ4v) is 3.20. The molecule has 1 aliphatic rings. The molecule has 1 aliphatic heterocycles. The van der Waals surface area contributed by atoms with E-state index in [9.17, 15) is 4.79 Å². The summed E-state index contributed by atoms with van der Waals surface area (Å²) in [4.78, 5) is 25.7. The zero-order chi connectivity index (χ0) is 17.8. The van der Waals surface area contributed by atoms with Crippen LogP contribution in [0.25, 0.3) is 0 Å². The molecule has 0 saturated carbocycles. The molecule has 1 aromatic carbocycles. The van der Waals surface area contributed by atoms with E-state index in [1.165, 1.54) is 12.8 Å². The normalized spacial score (nSPS) is 15.2. The number of nitrogens with zero attached hydrogens (tertiary/aromatic N) is 4. The summed E-state index contributed by atoms with van der Waals surface area (Å²) < 4.78 is 0. The standard InChI is InChI=1S/C20H26N4O/c1-4-24(18-7-5-6-16(3)12-18)19(25)17-13-21-20(22-14-17)23-10-8-15(2)9-11-23/h5-7,12-15H,4,8-11H2,1-3H3. The van der Waals surface area contributed by atoms with Crippen molar-refractivity contribution in [2.75, 3.05) is 29.4 Å². The van der Waals surface area contributed by atoms with Crippen molar-refractivity contribution in [3.8, 4) is 0 Å². The van der Waals surface area contributed by atoms with E-state index < -0.39 is 0 Å². The first kappa shape index (κ1) is 17.4. The average Bonchev–Trinajstić information content (AvgIpc) is 2.63. The zero-order valence-corrected chi connectivity index (χ0v) is 15.3. The molecule has 0 unspecified atom stereocenters. The number of hydrogen-bond acceptors (Lipinski definition) is 4. The molecule has 2 heterocycles. The van der Waals surface area contributed by atoms with E-state index in [4.69, 9.17) is 0 Å². The highest BCUT2D eigenvalue weighted by atomic mass is 16.2. The van der Waals surface area contributed by atoms with Crippen LogP contribution in [0.15, 0.2) is 36.7 Å². The highest BCUT2D eigenvalue weighted by Crippen LogP contribution is 2.21. The van der Waals surface area contributed by atoms with Crippen molar-refractivity contribution >= 4 is 17.5 Å². The molecule has 1 saturated heterocycles. The highest BCUT2D eigenvalue weighted by molar-refractivity contribution is 6.05. The van der Waals surface area contributed by atoms with Crippen LogP contribution in [-0.4, -0.2) is 35.5 Å². The lowest BCUT2D eigenvalue weighted by Crippen LogP contribution is -2.34. The molecule has 3 rings (SSSR count). The van der Waals surface area contributed by atoms with E-state index >= 15 is 0 Å². The lowest BCUT2D eigenvalue weighted by atomic mass is 10.00. The summed E-state index contributed by atoms with van der Waals surface area (Å²) in [5, 5.41) is 0. The predicted molar refractivity (Wildman–Crippen MR) is 101 cm³/mol. The molecule has 25 heavy (non-hydrogen) atoms. The number of hydrogen-bond donors (Lipinski definition) is 0. The molecule has 5 nitrogen and oxygen atoms in total. The van der Waals surface area contributed by atoms with Gasteiger partial charge in [-0.2, -0.15) is 0 Å². The van der Waals surface area contributed by atoms with Crippen LogP contribution in [0.2, 0.25) is 0 Å². The molecule has 0 spiro atoms. The van der Waals surface area contributed by atoms with Crippen molar-refractivity contribution in [2.24, 2.45) is 5.92 Å². The maximum absolute atomic E-state index is 12.9. The molecule has 0 atom stereocenters. The summed E-state index contributed by atoms with van der Waals surface area (Å²) >= 11 is 0. The van der Waals surface area contributed by atoms with Crippen molar-refractivity contribution in [3.05, 3.63) is 47.8 Å². The molecule has 1 aromatic heterocycles. The maximum Gasteiger partial charge on any atom is 0.261 e. The molecule has 2 aromatic rings. The second-order valence-corrected chi connectivity index (χ2v) is 6.83. The largest absolute Gasteiger partial charge is 0.341 e. The maximum atomic E-state index is 12.9. The van der Waals surface area contributed by atoms with E-state index in [1.54, 1.807) is 17.3 Å². The van der Waals surface area contributed by atoms with E-state index in [1.807, 2.05) is 38.1 Å². The number of amides is 1. The highest BCUT2D eigenvalue weighted by Gasteiger charge is 2.20. The second-order valence-electron chi connectivity index (χ2n) is 6.83. The topological polar surface area (TPSA) is 49.3 Å². The smallest absolute Gasteiger partial charge is 0.261 e. The van der Waals surface area contributed by atoms with Gasteiger partial charge in [-0.15, -0.1) is 0 Å². The van der Waals surface area contributed by atoms with Gasteiger partial charge in [0.1, 0.15) is 0 Å². The Kier molecular flexibility index (Phi) is 5.31. The van der Waals surface area contributed by atoms with Crippen molar-refractivity contribution in [1.82, 2.24) is 9.97 Å². The first-order valence-corrected chi connectivity index (χ1v) is 9.04. The van der Waals surface area contributed by atoms with Gasteiger partial charge in [0.2, 0.25) is 5.95 Å². The Morgan fingerprint density at radius 1 is 1.24 bits per heavy atom. The Hall–Kier alpha value is -2.43. The lowest BCUT2D eigenvalue weighted by Gasteiger charge is -2.30. The minimum Gasteiger partial charge on any atom is -0.341 e. The van der Waals surface area contributed by atoms with E-state index in [0.717, 1.165) is 36.2 Å². The number of aryl methyl sites for hydroxylation is 1. The fraction of sp³-hybridized carbons (Fsp3) is 0.450. The number of benzene rings is 1. The third kappa shape index (κ3) is 3.98. The van der Waals surface area contributed by atoms with Gasteiger partial charge in [-0.05, 0) is 50.3 Å². The zero-order valence-electron chi connectivity index (χ0n) is 15.3. The summed E-state index contributed by atoms with van der Waals surface area (Å²) in [6.07, 6.45) is 5.64. The number of anilines is 2. The molecular weight excluding hydrogens is 312 g/mol. The van der Waals surface area contributed by atoms with Crippen LogP contribution in [-0.2, 0) is 0 Å². The third-order valence-corrected chi connectivity index (χ3v) is 4.83. The van der Waals surface area contributed by atoms with Gasteiger partial charge >= 0.3 is 0 Å². The third-order valence-electron chi connectivity index (χ3n) is 4.83. The van der Waals surface area contributed by atoms with Crippen LogP contribution in [0.1, 0.15) is 42.6 Å². The Morgan fingerprint density at radius 3 is 2.52 bits per heavy atom. The Morgan fingerprint density at radius 2 is 1.92 bits per heavy atom. The number of rotatable bonds is 4.